The van der Waals surface area contributed by atoms with Gasteiger partial charge in [0, 0.05) is 13.1 Å². The molecule has 2 heterocycles. The topological polar surface area (TPSA) is 39.9 Å². The molecule has 0 spiro atoms. The van der Waals surface area contributed by atoms with Crippen molar-refractivity contribution in [3.05, 3.63) is 22.4 Å². The molecular formula is C18H25N3. The quantitative estimate of drug-likeness (QED) is 0.847. The first-order valence-electron chi connectivity index (χ1n) is 8.54. The molecule has 1 saturated heterocycles. The molecule has 0 amide bonds. The molecule has 3 nitrogen and oxygen atoms in total. The number of rotatable bonds is 3. The minimum atomic E-state index is 0.896. The SMILES string of the molecule is CCCc1nc(N2CCCCC2)c2c(c1C#N)CCCC2. The zero-order valence-corrected chi connectivity index (χ0v) is 13.1. The zero-order chi connectivity index (χ0) is 14.7. The van der Waals surface area contributed by atoms with Crippen molar-refractivity contribution in [1.29, 1.82) is 5.26 Å². The summed E-state index contributed by atoms with van der Waals surface area (Å²) in [4.78, 5) is 7.45. The van der Waals surface area contributed by atoms with Crippen LogP contribution in [0.2, 0.25) is 0 Å². The number of pyridine rings is 1. The van der Waals surface area contributed by atoms with Gasteiger partial charge in [0.15, 0.2) is 0 Å². The normalized spacial score (nSPS) is 18.2. The number of hydrogen-bond acceptors (Lipinski definition) is 3. The number of hydrogen-bond donors (Lipinski definition) is 0. The fraction of sp³-hybridized carbons (Fsp3) is 0.667. The summed E-state index contributed by atoms with van der Waals surface area (Å²) in [5.41, 5.74) is 4.65. The Hall–Kier alpha value is -1.56. The molecule has 0 atom stereocenters. The lowest BCUT2D eigenvalue weighted by Gasteiger charge is -2.32. The van der Waals surface area contributed by atoms with E-state index in [4.69, 9.17) is 4.98 Å². The second-order valence-corrected chi connectivity index (χ2v) is 6.33. The first-order valence-corrected chi connectivity index (χ1v) is 8.54. The molecular weight excluding hydrogens is 258 g/mol. The molecule has 3 heteroatoms. The standard InChI is InChI=1S/C18H25N3/c1-2-8-17-16(13-19)14-9-4-5-10-15(14)18(20-17)21-11-6-3-7-12-21/h2-12H2,1H3. The first kappa shape index (κ1) is 14.4. The molecule has 1 fully saturated rings. The van der Waals surface area contributed by atoms with Crippen LogP contribution in [0.15, 0.2) is 0 Å². The van der Waals surface area contributed by atoms with Gasteiger partial charge in [-0.2, -0.15) is 5.26 Å². The molecule has 0 saturated carbocycles. The van der Waals surface area contributed by atoms with Crippen molar-refractivity contribution in [2.45, 2.75) is 64.7 Å². The summed E-state index contributed by atoms with van der Waals surface area (Å²) in [7, 11) is 0. The number of nitrogens with zero attached hydrogens (tertiary/aromatic N) is 3. The van der Waals surface area contributed by atoms with Crippen LogP contribution in [0.5, 0.6) is 0 Å². The first-order chi connectivity index (χ1) is 10.3. The van der Waals surface area contributed by atoms with E-state index >= 15 is 0 Å². The summed E-state index contributed by atoms with van der Waals surface area (Å²) in [5, 5.41) is 9.60. The molecule has 112 valence electrons. The third-order valence-electron chi connectivity index (χ3n) is 4.82. The molecule has 0 N–H and O–H groups in total. The number of fused-ring (bicyclic) bond motifs is 1. The van der Waals surface area contributed by atoms with Crippen molar-refractivity contribution in [3.63, 3.8) is 0 Å². The molecule has 1 aromatic rings. The lowest BCUT2D eigenvalue weighted by molar-refractivity contribution is 0.566. The van der Waals surface area contributed by atoms with Crippen LogP contribution in [0.25, 0.3) is 0 Å². The number of anilines is 1. The Bertz CT molecular complexity index is 551. The molecule has 0 unspecified atom stereocenters. The molecule has 0 radical (unpaired) electrons. The third kappa shape index (κ3) is 2.77. The average molecular weight is 283 g/mol. The predicted molar refractivity (Wildman–Crippen MR) is 85.7 cm³/mol. The summed E-state index contributed by atoms with van der Waals surface area (Å²) in [6.45, 7) is 4.44. The van der Waals surface area contributed by atoms with Gasteiger partial charge >= 0.3 is 0 Å². The summed E-state index contributed by atoms with van der Waals surface area (Å²) in [6, 6.07) is 2.46. The maximum absolute atomic E-state index is 9.60. The van der Waals surface area contributed by atoms with E-state index in [1.165, 1.54) is 49.0 Å². The smallest absolute Gasteiger partial charge is 0.132 e. The maximum atomic E-state index is 9.60. The van der Waals surface area contributed by atoms with E-state index in [9.17, 15) is 5.26 Å². The van der Waals surface area contributed by atoms with E-state index in [0.29, 0.717) is 0 Å². The van der Waals surface area contributed by atoms with Gasteiger partial charge in [-0.1, -0.05) is 13.3 Å². The lowest BCUT2D eigenvalue weighted by atomic mass is 9.87. The Morgan fingerprint density at radius 2 is 1.76 bits per heavy atom. The molecule has 1 aliphatic carbocycles. The van der Waals surface area contributed by atoms with Gasteiger partial charge in [-0.25, -0.2) is 4.98 Å². The lowest BCUT2D eigenvalue weighted by Crippen LogP contribution is -2.32. The second-order valence-electron chi connectivity index (χ2n) is 6.33. The minimum Gasteiger partial charge on any atom is -0.356 e. The van der Waals surface area contributed by atoms with Crippen LogP contribution in [-0.4, -0.2) is 18.1 Å². The molecule has 1 aliphatic heterocycles. The van der Waals surface area contributed by atoms with Crippen LogP contribution in [0.4, 0.5) is 5.82 Å². The zero-order valence-electron chi connectivity index (χ0n) is 13.1. The van der Waals surface area contributed by atoms with Gasteiger partial charge in [-0.3, -0.25) is 0 Å². The van der Waals surface area contributed by atoms with Crippen LogP contribution >= 0.6 is 0 Å². The van der Waals surface area contributed by atoms with Crippen LogP contribution in [0.3, 0.4) is 0 Å². The van der Waals surface area contributed by atoms with Gasteiger partial charge in [-0.15, -0.1) is 0 Å². The summed E-state index contributed by atoms with van der Waals surface area (Å²) in [5.74, 6) is 1.21. The van der Waals surface area contributed by atoms with Crippen LogP contribution < -0.4 is 4.90 Å². The molecule has 0 bridgehead atoms. The number of aryl methyl sites for hydroxylation is 1. The Labute approximate surface area is 128 Å². The molecule has 1 aromatic heterocycles. The van der Waals surface area contributed by atoms with Crippen LogP contribution in [0, 0.1) is 11.3 Å². The highest BCUT2D eigenvalue weighted by Crippen LogP contribution is 2.34. The largest absolute Gasteiger partial charge is 0.356 e. The van der Waals surface area contributed by atoms with Gasteiger partial charge in [0.1, 0.15) is 11.9 Å². The Balaban J connectivity index is 2.09. The van der Waals surface area contributed by atoms with E-state index in [0.717, 1.165) is 50.0 Å². The summed E-state index contributed by atoms with van der Waals surface area (Å²) >= 11 is 0. The van der Waals surface area contributed by atoms with Gasteiger partial charge in [-0.05, 0) is 62.5 Å². The van der Waals surface area contributed by atoms with E-state index in [2.05, 4.69) is 17.9 Å². The van der Waals surface area contributed by atoms with E-state index in [1.807, 2.05) is 0 Å². The Kier molecular flexibility index (Phi) is 4.43. The third-order valence-corrected chi connectivity index (χ3v) is 4.82. The van der Waals surface area contributed by atoms with E-state index in [-0.39, 0.29) is 0 Å². The molecule has 0 aromatic carbocycles. The minimum absolute atomic E-state index is 0.896. The molecule has 2 aliphatic rings. The van der Waals surface area contributed by atoms with Crippen molar-refractivity contribution < 1.29 is 0 Å². The number of aromatic nitrogens is 1. The monoisotopic (exact) mass is 283 g/mol. The maximum Gasteiger partial charge on any atom is 0.132 e. The summed E-state index contributed by atoms with van der Waals surface area (Å²) < 4.78 is 0. The Morgan fingerprint density at radius 3 is 2.43 bits per heavy atom. The van der Waals surface area contributed by atoms with Crippen LogP contribution in [0.1, 0.15) is 67.8 Å². The van der Waals surface area contributed by atoms with E-state index < -0.39 is 0 Å². The van der Waals surface area contributed by atoms with Crippen LogP contribution in [-0.2, 0) is 19.3 Å². The average Bonchev–Trinajstić information content (AvgIpc) is 2.55. The van der Waals surface area contributed by atoms with Crippen molar-refractivity contribution in [2.75, 3.05) is 18.0 Å². The number of nitriles is 1. The molecule has 21 heavy (non-hydrogen) atoms. The second kappa shape index (κ2) is 6.47. The predicted octanol–water partition coefficient (Wildman–Crippen LogP) is 3.77. The fourth-order valence-corrected chi connectivity index (χ4v) is 3.77. The van der Waals surface area contributed by atoms with E-state index in [1.54, 1.807) is 0 Å². The van der Waals surface area contributed by atoms with Gasteiger partial charge < -0.3 is 4.90 Å². The fourth-order valence-electron chi connectivity index (χ4n) is 3.77. The highest BCUT2D eigenvalue weighted by Gasteiger charge is 2.25. The van der Waals surface area contributed by atoms with Crippen molar-refractivity contribution >= 4 is 5.82 Å². The van der Waals surface area contributed by atoms with Gasteiger partial charge in [0.2, 0.25) is 0 Å². The highest BCUT2D eigenvalue weighted by atomic mass is 15.2. The summed E-state index contributed by atoms with van der Waals surface area (Å²) in [6.07, 6.45) is 10.5. The van der Waals surface area contributed by atoms with Crippen molar-refractivity contribution in [3.8, 4) is 6.07 Å². The highest BCUT2D eigenvalue weighted by molar-refractivity contribution is 5.59. The van der Waals surface area contributed by atoms with Crippen molar-refractivity contribution in [1.82, 2.24) is 4.98 Å². The Morgan fingerprint density at radius 1 is 1.05 bits per heavy atom. The molecule has 3 rings (SSSR count). The van der Waals surface area contributed by atoms with Gasteiger partial charge in [0.05, 0.1) is 11.3 Å². The van der Waals surface area contributed by atoms with Crippen molar-refractivity contribution in [2.24, 2.45) is 0 Å². The van der Waals surface area contributed by atoms with Gasteiger partial charge in [0.25, 0.3) is 0 Å². The number of piperidine rings is 1.